The van der Waals surface area contributed by atoms with Crippen LogP contribution in [0, 0.1) is 5.82 Å². The maximum Gasteiger partial charge on any atom is 0.248 e. The zero-order chi connectivity index (χ0) is 20.1. The molecule has 0 unspecified atom stereocenters. The van der Waals surface area contributed by atoms with Crippen molar-refractivity contribution >= 4 is 17.2 Å². The molecule has 1 fully saturated rings. The van der Waals surface area contributed by atoms with Crippen molar-refractivity contribution in [2.75, 3.05) is 6.54 Å². The van der Waals surface area contributed by atoms with Gasteiger partial charge in [-0.1, -0.05) is 25.0 Å². The number of halogens is 1. The Morgan fingerprint density at radius 2 is 1.93 bits per heavy atom. The molecule has 4 rings (SSSR count). The van der Waals surface area contributed by atoms with Crippen molar-refractivity contribution in [2.24, 2.45) is 0 Å². The number of amides is 1. The zero-order valence-electron chi connectivity index (χ0n) is 16.2. The van der Waals surface area contributed by atoms with Crippen LogP contribution < -0.4 is 0 Å². The second-order valence-electron chi connectivity index (χ2n) is 7.41. The average molecular weight is 414 g/mol. The molecule has 152 valence electrons. The smallest absolute Gasteiger partial charge is 0.248 e. The molecule has 0 radical (unpaired) electrons. The number of hydrogen-bond acceptors (Lipinski definition) is 5. The van der Waals surface area contributed by atoms with Gasteiger partial charge in [-0.15, -0.1) is 10.2 Å². The molecule has 1 aromatic carbocycles. The van der Waals surface area contributed by atoms with Gasteiger partial charge in [-0.05, 0) is 48.4 Å². The summed E-state index contributed by atoms with van der Waals surface area (Å²) >= 11 is 1.57. The number of carbonyl (C=O) groups is 1. The molecule has 0 atom stereocenters. The van der Waals surface area contributed by atoms with E-state index in [4.69, 9.17) is 4.42 Å². The van der Waals surface area contributed by atoms with Gasteiger partial charge >= 0.3 is 0 Å². The molecule has 29 heavy (non-hydrogen) atoms. The summed E-state index contributed by atoms with van der Waals surface area (Å²) in [5.41, 5.74) is 1.95. The van der Waals surface area contributed by atoms with Crippen LogP contribution in [0.25, 0.3) is 11.5 Å². The van der Waals surface area contributed by atoms with Crippen molar-refractivity contribution in [1.82, 2.24) is 15.1 Å². The Hall–Kier alpha value is -2.54. The van der Waals surface area contributed by atoms with Crippen LogP contribution in [0.3, 0.4) is 0 Å². The maximum absolute atomic E-state index is 13.1. The van der Waals surface area contributed by atoms with E-state index in [9.17, 15) is 9.18 Å². The summed E-state index contributed by atoms with van der Waals surface area (Å²) in [5, 5.41) is 12.1. The van der Waals surface area contributed by atoms with E-state index in [2.05, 4.69) is 10.2 Å². The van der Waals surface area contributed by atoms with Gasteiger partial charge in [0.25, 0.3) is 0 Å². The minimum Gasteiger partial charge on any atom is -0.421 e. The quantitative estimate of drug-likeness (QED) is 0.528. The van der Waals surface area contributed by atoms with Crippen LogP contribution in [0.2, 0.25) is 0 Å². The number of benzene rings is 1. The third kappa shape index (κ3) is 5.09. The molecule has 0 spiro atoms. The number of hydrogen-bond donors (Lipinski definition) is 0. The lowest BCUT2D eigenvalue weighted by molar-refractivity contribution is -0.133. The summed E-state index contributed by atoms with van der Waals surface area (Å²) in [7, 11) is 0. The molecule has 2 heterocycles. The summed E-state index contributed by atoms with van der Waals surface area (Å²) in [6.45, 7) is 0.652. The summed E-state index contributed by atoms with van der Waals surface area (Å²) in [5.74, 6) is 0.871. The van der Waals surface area contributed by atoms with E-state index in [-0.39, 0.29) is 11.7 Å². The molecule has 2 aromatic heterocycles. The molecule has 3 aromatic rings. The Labute approximate surface area is 173 Å². The molecule has 1 saturated carbocycles. The molecule has 0 N–H and O–H groups in total. The molecule has 0 saturated heterocycles. The van der Waals surface area contributed by atoms with E-state index in [1.54, 1.807) is 23.5 Å². The first kappa shape index (κ1) is 19.8. The number of carbonyl (C=O) groups excluding carboxylic acids is 1. The summed E-state index contributed by atoms with van der Waals surface area (Å²) in [4.78, 5) is 15.0. The van der Waals surface area contributed by atoms with Gasteiger partial charge < -0.3 is 9.32 Å². The van der Waals surface area contributed by atoms with Crippen LogP contribution in [0.4, 0.5) is 4.39 Å². The van der Waals surface area contributed by atoms with E-state index in [0.717, 1.165) is 30.4 Å². The largest absolute Gasteiger partial charge is 0.421 e. The molecule has 7 heteroatoms. The second-order valence-corrected chi connectivity index (χ2v) is 8.19. The Balaban J connectivity index is 1.36. The van der Waals surface area contributed by atoms with Crippen molar-refractivity contribution < 1.29 is 13.6 Å². The van der Waals surface area contributed by atoms with Gasteiger partial charge in [0.2, 0.25) is 17.7 Å². The van der Waals surface area contributed by atoms with Crippen LogP contribution in [0.15, 0.2) is 45.5 Å². The van der Waals surface area contributed by atoms with E-state index in [1.165, 1.54) is 25.0 Å². The lowest BCUT2D eigenvalue weighted by atomic mass is 10.1. The molecule has 1 amide bonds. The van der Waals surface area contributed by atoms with Gasteiger partial charge in [0.05, 0.1) is 0 Å². The number of rotatable bonds is 8. The van der Waals surface area contributed by atoms with Crippen molar-refractivity contribution in [2.45, 2.75) is 51.0 Å². The lowest BCUT2D eigenvalue weighted by Crippen LogP contribution is -2.40. The van der Waals surface area contributed by atoms with E-state index < -0.39 is 0 Å². The minimum absolute atomic E-state index is 0.120. The van der Waals surface area contributed by atoms with Crippen LogP contribution in [-0.4, -0.2) is 33.6 Å². The van der Waals surface area contributed by atoms with Gasteiger partial charge in [-0.2, -0.15) is 11.3 Å². The third-order valence-corrected chi connectivity index (χ3v) is 6.11. The molecule has 5 nitrogen and oxygen atoms in total. The fourth-order valence-electron chi connectivity index (χ4n) is 3.84. The second kappa shape index (κ2) is 9.31. The first-order valence-electron chi connectivity index (χ1n) is 10.1. The fourth-order valence-corrected chi connectivity index (χ4v) is 4.47. The van der Waals surface area contributed by atoms with E-state index in [0.29, 0.717) is 37.2 Å². The highest BCUT2D eigenvalue weighted by Gasteiger charge is 2.26. The van der Waals surface area contributed by atoms with Crippen LogP contribution >= 0.6 is 11.3 Å². The zero-order valence-corrected chi connectivity index (χ0v) is 17.0. The van der Waals surface area contributed by atoms with Crippen LogP contribution in [0.1, 0.15) is 43.6 Å². The van der Waals surface area contributed by atoms with Crippen LogP contribution in [-0.2, 0) is 17.6 Å². The summed E-state index contributed by atoms with van der Waals surface area (Å²) in [6.07, 6.45) is 5.96. The standard InChI is InChI=1S/C22H24FN3O2S/c23-18-7-5-16(6-8-18)11-13-26(19-3-1-2-4-19)21(27)10-9-20-24-25-22(28-20)17-12-14-29-15-17/h5-8,12,14-15,19H,1-4,9-11,13H2. The van der Waals surface area contributed by atoms with E-state index in [1.807, 2.05) is 21.7 Å². The number of aromatic nitrogens is 2. The minimum atomic E-state index is -0.237. The third-order valence-electron chi connectivity index (χ3n) is 5.43. The van der Waals surface area contributed by atoms with Gasteiger partial charge in [0.15, 0.2) is 0 Å². The molecule has 1 aliphatic rings. The predicted molar refractivity (Wildman–Crippen MR) is 110 cm³/mol. The van der Waals surface area contributed by atoms with E-state index >= 15 is 0 Å². The summed E-state index contributed by atoms with van der Waals surface area (Å²) < 4.78 is 18.8. The molecule has 1 aliphatic carbocycles. The lowest BCUT2D eigenvalue weighted by Gasteiger charge is -2.29. The molecule has 0 bridgehead atoms. The Morgan fingerprint density at radius 3 is 2.66 bits per heavy atom. The van der Waals surface area contributed by atoms with Crippen molar-refractivity contribution in [3.63, 3.8) is 0 Å². The van der Waals surface area contributed by atoms with Crippen LogP contribution in [0.5, 0.6) is 0 Å². The normalized spacial score (nSPS) is 14.4. The summed E-state index contributed by atoms with van der Waals surface area (Å²) in [6, 6.07) is 8.75. The SMILES string of the molecule is O=C(CCc1nnc(-c2ccsc2)o1)N(CCc1ccc(F)cc1)C1CCCC1. The average Bonchev–Trinajstić information content (AvgIpc) is 3.49. The van der Waals surface area contributed by atoms with Gasteiger partial charge in [-0.3, -0.25) is 4.79 Å². The Bertz CT molecular complexity index is 918. The molecule has 0 aliphatic heterocycles. The van der Waals surface area contributed by atoms with Gasteiger partial charge in [0.1, 0.15) is 5.82 Å². The van der Waals surface area contributed by atoms with Crippen molar-refractivity contribution in [3.05, 3.63) is 58.4 Å². The highest BCUT2D eigenvalue weighted by atomic mass is 32.1. The number of nitrogens with zero attached hydrogens (tertiary/aromatic N) is 3. The van der Waals surface area contributed by atoms with Gasteiger partial charge in [-0.25, -0.2) is 4.39 Å². The Morgan fingerprint density at radius 1 is 1.14 bits per heavy atom. The molecular formula is C22H24FN3O2S. The topological polar surface area (TPSA) is 59.2 Å². The van der Waals surface area contributed by atoms with Crippen molar-refractivity contribution in [3.8, 4) is 11.5 Å². The predicted octanol–water partition coefficient (Wildman–Crippen LogP) is 4.88. The number of aryl methyl sites for hydroxylation is 1. The first-order chi connectivity index (χ1) is 14.2. The number of thiophene rings is 1. The Kier molecular flexibility index (Phi) is 6.34. The fraction of sp³-hybridized carbons (Fsp3) is 0.409. The van der Waals surface area contributed by atoms with Crippen molar-refractivity contribution in [1.29, 1.82) is 0 Å². The maximum atomic E-state index is 13.1. The monoisotopic (exact) mass is 413 g/mol. The molecular weight excluding hydrogens is 389 g/mol. The first-order valence-corrected chi connectivity index (χ1v) is 11.0. The highest BCUT2D eigenvalue weighted by Crippen LogP contribution is 2.25. The highest BCUT2D eigenvalue weighted by molar-refractivity contribution is 7.08. The van der Waals surface area contributed by atoms with Gasteiger partial charge in [0, 0.05) is 36.4 Å².